The van der Waals surface area contributed by atoms with Crippen LogP contribution in [0, 0.1) is 12.7 Å². The topological polar surface area (TPSA) is 84.6 Å². The summed E-state index contributed by atoms with van der Waals surface area (Å²) in [6, 6.07) is 6.86. The predicted molar refractivity (Wildman–Crippen MR) is 122 cm³/mol. The third-order valence-corrected chi connectivity index (χ3v) is 5.84. The molecule has 1 N–H and O–H groups in total. The van der Waals surface area contributed by atoms with Crippen LogP contribution in [0.4, 0.5) is 10.3 Å². The molecular formula is C24H23FN6O2. The molecule has 3 aromatic heterocycles. The van der Waals surface area contributed by atoms with E-state index in [1.165, 1.54) is 11.0 Å². The maximum absolute atomic E-state index is 14.6. The minimum Gasteiger partial charge on any atom is -0.493 e. The Morgan fingerprint density at radius 3 is 2.85 bits per heavy atom. The minimum atomic E-state index is -0.292. The molecule has 0 atom stereocenters. The minimum absolute atomic E-state index is 0.221. The normalized spacial score (nSPS) is 12.5. The van der Waals surface area contributed by atoms with Crippen LogP contribution in [0.3, 0.4) is 0 Å². The highest BCUT2D eigenvalue weighted by Crippen LogP contribution is 2.32. The molecule has 0 spiro atoms. The molecule has 1 amide bonds. The third kappa shape index (κ3) is 3.55. The van der Waals surface area contributed by atoms with Gasteiger partial charge in [0.25, 0.3) is 5.91 Å². The Morgan fingerprint density at radius 1 is 1.21 bits per heavy atom. The van der Waals surface area contributed by atoms with Gasteiger partial charge in [0.2, 0.25) is 5.95 Å². The lowest BCUT2D eigenvalue weighted by atomic mass is 10.0. The molecule has 1 aliphatic rings. The van der Waals surface area contributed by atoms with E-state index < -0.39 is 0 Å². The van der Waals surface area contributed by atoms with Gasteiger partial charge in [-0.3, -0.25) is 14.2 Å². The quantitative estimate of drug-likeness (QED) is 0.505. The molecule has 0 aliphatic carbocycles. The lowest BCUT2D eigenvalue weighted by molar-refractivity contribution is 0.0824. The van der Waals surface area contributed by atoms with Gasteiger partial charge in [-0.05, 0) is 25.1 Å². The number of aryl methyl sites for hydroxylation is 1. The maximum Gasteiger partial charge on any atom is 0.274 e. The number of hydrogen-bond donors (Lipinski definition) is 1. The molecule has 168 valence electrons. The van der Waals surface area contributed by atoms with Gasteiger partial charge in [-0.2, -0.15) is 0 Å². The summed E-state index contributed by atoms with van der Waals surface area (Å²) in [6.07, 6.45) is 5.65. The Balaban J connectivity index is 1.61. The zero-order chi connectivity index (χ0) is 23.1. The molecule has 0 radical (unpaired) electrons. The smallest absolute Gasteiger partial charge is 0.274 e. The van der Waals surface area contributed by atoms with Crippen LogP contribution in [-0.4, -0.2) is 50.9 Å². The van der Waals surface area contributed by atoms with Crippen molar-refractivity contribution in [3.8, 4) is 16.9 Å². The molecule has 1 aliphatic heterocycles. The number of pyridine rings is 1. The first-order valence-corrected chi connectivity index (χ1v) is 10.6. The summed E-state index contributed by atoms with van der Waals surface area (Å²) in [5.74, 6) is 0.660. The predicted octanol–water partition coefficient (Wildman–Crippen LogP) is 3.49. The number of rotatable bonds is 5. The molecular weight excluding hydrogens is 423 g/mol. The van der Waals surface area contributed by atoms with Crippen molar-refractivity contribution in [3.63, 3.8) is 0 Å². The average Bonchev–Trinajstić information content (AvgIpc) is 3.46. The molecule has 4 heterocycles. The summed E-state index contributed by atoms with van der Waals surface area (Å²) in [7, 11) is 3.37. The average molecular weight is 446 g/mol. The zero-order valence-corrected chi connectivity index (χ0v) is 18.6. The first-order chi connectivity index (χ1) is 16.0. The van der Waals surface area contributed by atoms with Crippen molar-refractivity contribution in [2.75, 3.05) is 26.0 Å². The number of carbonyl (C=O) groups excluding carboxylic acids is 1. The van der Waals surface area contributed by atoms with Crippen LogP contribution in [0.1, 0.15) is 27.3 Å². The van der Waals surface area contributed by atoms with Gasteiger partial charge in [0.15, 0.2) is 5.69 Å². The lowest BCUT2D eigenvalue weighted by Gasteiger charge is -2.15. The SMILES string of the molecule is Cc1ncccc1-c1cnc(NCc2c(F)ccc3c2CCO3)n2cnc(C(=O)N(C)C)c12. The number of benzene rings is 1. The Hall–Kier alpha value is -4.01. The van der Waals surface area contributed by atoms with Gasteiger partial charge in [-0.15, -0.1) is 0 Å². The first kappa shape index (κ1) is 20.9. The van der Waals surface area contributed by atoms with Gasteiger partial charge in [0.1, 0.15) is 17.9 Å². The van der Waals surface area contributed by atoms with Crippen LogP contribution in [0.25, 0.3) is 16.6 Å². The molecule has 0 saturated carbocycles. The van der Waals surface area contributed by atoms with Crippen molar-refractivity contribution in [1.29, 1.82) is 0 Å². The van der Waals surface area contributed by atoms with Crippen LogP contribution < -0.4 is 10.1 Å². The highest BCUT2D eigenvalue weighted by Gasteiger charge is 2.23. The number of amides is 1. The van der Waals surface area contributed by atoms with Gasteiger partial charge in [-0.1, -0.05) is 6.07 Å². The second-order valence-electron chi connectivity index (χ2n) is 8.10. The fraction of sp³-hybridized carbons (Fsp3) is 0.250. The van der Waals surface area contributed by atoms with Crippen LogP contribution >= 0.6 is 0 Å². The Labute approximate surface area is 190 Å². The summed E-state index contributed by atoms with van der Waals surface area (Å²) in [5.41, 5.74) is 4.77. The molecule has 0 unspecified atom stereocenters. The second-order valence-corrected chi connectivity index (χ2v) is 8.10. The van der Waals surface area contributed by atoms with Crippen molar-refractivity contribution >= 4 is 17.4 Å². The van der Waals surface area contributed by atoms with Crippen LogP contribution in [0.5, 0.6) is 5.75 Å². The molecule has 0 bridgehead atoms. The second kappa shape index (κ2) is 8.16. The van der Waals surface area contributed by atoms with Crippen molar-refractivity contribution in [1.82, 2.24) is 24.3 Å². The van der Waals surface area contributed by atoms with E-state index in [9.17, 15) is 9.18 Å². The van der Waals surface area contributed by atoms with Crippen molar-refractivity contribution in [2.45, 2.75) is 19.9 Å². The summed E-state index contributed by atoms with van der Waals surface area (Å²) < 4.78 is 21.9. The lowest BCUT2D eigenvalue weighted by Crippen LogP contribution is -2.22. The summed E-state index contributed by atoms with van der Waals surface area (Å²) >= 11 is 0. The van der Waals surface area contributed by atoms with E-state index in [2.05, 4.69) is 20.3 Å². The highest BCUT2D eigenvalue weighted by atomic mass is 19.1. The molecule has 33 heavy (non-hydrogen) atoms. The monoisotopic (exact) mass is 446 g/mol. The number of aromatic nitrogens is 4. The van der Waals surface area contributed by atoms with Gasteiger partial charge in [-0.25, -0.2) is 14.4 Å². The summed E-state index contributed by atoms with van der Waals surface area (Å²) in [6.45, 7) is 2.68. The van der Waals surface area contributed by atoms with Crippen LogP contribution in [0.15, 0.2) is 43.0 Å². The zero-order valence-electron chi connectivity index (χ0n) is 18.6. The van der Waals surface area contributed by atoms with Gasteiger partial charge < -0.3 is 15.0 Å². The largest absolute Gasteiger partial charge is 0.493 e. The van der Waals surface area contributed by atoms with Crippen molar-refractivity contribution in [2.24, 2.45) is 0 Å². The number of halogens is 1. The molecule has 9 heteroatoms. The number of nitrogens with zero attached hydrogens (tertiary/aromatic N) is 5. The number of ether oxygens (including phenoxy) is 1. The standard InChI is InChI=1S/C24H23FN6O2/c1-14-15(5-4-9-26-14)18-12-28-24(31-13-29-21(22(18)31)23(32)30(2)3)27-11-17-16-8-10-33-20(16)7-6-19(17)25/h4-7,9,12-13H,8,10-11H2,1-3H3,(H,27,28). The van der Waals surface area contributed by atoms with Crippen molar-refractivity contribution in [3.05, 3.63) is 71.3 Å². The van der Waals surface area contributed by atoms with E-state index in [0.717, 1.165) is 28.1 Å². The number of carbonyl (C=O) groups is 1. The number of hydrogen-bond acceptors (Lipinski definition) is 6. The van der Waals surface area contributed by atoms with Crippen LogP contribution in [0.2, 0.25) is 0 Å². The Kier molecular flexibility index (Phi) is 5.16. The maximum atomic E-state index is 14.6. The third-order valence-electron chi connectivity index (χ3n) is 5.84. The van der Waals surface area contributed by atoms with E-state index in [1.807, 2.05) is 19.1 Å². The van der Waals surface area contributed by atoms with Crippen molar-refractivity contribution < 1.29 is 13.9 Å². The van der Waals surface area contributed by atoms with Crippen LogP contribution in [-0.2, 0) is 13.0 Å². The highest BCUT2D eigenvalue weighted by molar-refractivity contribution is 6.03. The fourth-order valence-corrected chi connectivity index (χ4v) is 4.15. The summed E-state index contributed by atoms with van der Waals surface area (Å²) in [5, 5.41) is 3.23. The fourth-order valence-electron chi connectivity index (χ4n) is 4.15. The van der Waals surface area contributed by atoms with Gasteiger partial charge in [0.05, 0.1) is 12.1 Å². The van der Waals surface area contributed by atoms with Gasteiger partial charge >= 0.3 is 0 Å². The van der Waals surface area contributed by atoms with Gasteiger partial charge in [0, 0.05) is 67.4 Å². The molecule has 8 nitrogen and oxygen atoms in total. The number of anilines is 1. The van der Waals surface area contributed by atoms with E-state index in [0.29, 0.717) is 35.8 Å². The van der Waals surface area contributed by atoms with E-state index >= 15 is 0 Å². The Bertz CT molecular complexity index is 1380. The summed E-state index contributed by atoms with van der Waals surface area (Å²) in [4.78, 5) is 27.7. The molecule has 5 rings (SSSR count). The molecule has 4 aromatic rings. The Morgan fingerprint density at radius 2 is 2.06 bits per heavy atom. The number of imidazole rings is 1. The molecule has 0 fully saturated rings. The molecule has 0 saturated heterocycles. The number of nitrogens with one attached hydrogen (secondary N) is 1. The number of fused-ring (bicyclic) bond motifs is 2. The van der Waals surface area contributed by atoms with E-state index in [4.69, 9.17) is 4.74 Å². The van der Waals surface area contributed by atoms with E-state index in [1.54, 1.807) is 43.3 Å². The first-order valence-electron chi connectivity index (χ1n) is 10.6. The van der Waals surface area contributed by atoms with E-state index in [-0.39, 0.29) is 18.3 Å². The molecule has 1 aromatic carbocycles.